The molecule has 2 rings (SSSR count). The molecule has 2 aromatic rings. The number of nitrogens with one attached hydrogen (secondary N) is 1. The number of allylic oxidation sites excluding steroid dienone is 2. The largest absolute Gasteiger partial charge is 0.329 e. The molecule has 0 aliphatic rings. The van der Waals surface area contributed by atoms with E-state index in [4.69, 9.17) is 11.6 Å². The smallest absolute Gasteiger partial charge is 0.309 e. The Morgan fingerprint density at radius 3 is 2.82 bits per heavy atom. The molecule has 8 heteroatoms. The molecule has 0 atom stereocenters. The Bertz CT molecular complexity index is 815. The number of hydrogen-bond acceptors (Lipinski definition) is 4. The SMILES string of the molecule is CCCCSc1nc2c(c(=O)[nH]c(=O)n2C)n1C/C=C(/C)Cl. The topological polar surface area (TPSA) is 72.7 Å². The molecule has 0 unspecified atom stereocenters. The molecular formula is C14H19ClN4O2S. The molecule has 0 aliphatic carbocycles. The van der Waals surface area contributed by atoms with Crippen molar-refractivity contribution in [2.24, 2.45) is 7.05 Å². The molecule has 0 aromatic carbocycles. The third-order valence-electron chi connectivity index (χ3n) is 3.26. The van der Waals surface area contributed by atoms with Gasteiger partial charge in [0, 0.05) is 24.4 Å². The van der Waals surface area contributed by atoms with Crippen molar-refractivity contribution in [1.82, 2.24) is 19.1 Å². The first kappa shape index (κ1) is 16.9. The summed E-state index contributed by atoms with van der Waals surface area (Å²) in [6, 6.07) is 0. The lowest BCUT2D eigenvalue weighted by Gasteiger charge is -2.05. The summed E-state index contributed by atoms with van der Waals surface area (Å²) in [6.45, 7) is 4.35. The van der Waals surface area contributed by atoms with Gasteiger partial charge in [0.25, 0.3) is 5.56 Å². The van der Waals surface area contributed by atoms with Gasteiger partial charge in [-0.3, -0.25) is 14.3 Å². The van der Waals surface area contributed by atoms with Gasteiger partial charge in [0.05, 0.1) is 0 Å². The van der Waals surface area contributed by atoms with E-state index in [2.05, 4.69) is 16.9 Å². The second kappa shape index (κ2) is 7.19. The summed E-state index contributed by atoms with van der Waals surface area (Å²) < 4.78 is 3.16. The van der Waals surface area contributed by atoms with Gasteiger partial charge < -0.3 is 4.57 Å². The first-order valence-corrected chi connectivity index (χ1v) is 8.46. The maximum absolute atomic E-state index is 12.2. The van der Waals surface area contributed by atoms with E-state index in [1.54, 1.807) is 30.3 Å². The first-order chi connectivity index (χ1) is 10.5. The monoisotopic (exact) mass is 342 g/mol. The van der Waals surface area contributed by atoms with Gasteiger partial charge in [0.1, 0.15) is 0 Å². The van der Waals surface area contributed by atoms with Crippen LogP contribution in [-0.2, 0) is 13.6 Å². The highest BCUT2D eigenvalue weighted by atomic mass is 35.5. The molecular weight excluding hydrogens is 324 g/mol. The lowest BCUT2D eigenvalue weighted by atomic mass is 10.4. The number of unbranched alkanes of at least 4 members (excludes halogenated alkanes) is 1. The summed E-state index contributed by atoms with van der Waals surface area (Å²) in [4.78, 5) is 30.7. The van der Waals surface area contributed by atoms with E-state index >= 15 is 0 Å². The second-order valence-corrected chi connectivity index (χ2v) is 6.65. The quantitative estimate of drug-likeness (QED) is 0.646. The van der Waals surface area contributed by atoms with Crippen molar-refractivity contribution < 1.29 is 0 Å². The van der Waals surface area contributed by atoms with Crippen molar-refractivity contribution in [2.75, 3.05) is 5.75 Å². The van der Waals surface area contributed by atoms with Gasteiger partial charge in [-0.05, 0) is 13.3 Å². The summed E-state index contributed by atoms with van der Waals surface area (Å²) in [7, 11) is 1.60. The number of halogens is 1. The van der Waals surface area contributed by atoms with Crippen LogP contribution in [0.2, 0.25) is 0 Å². The van der Waals surface area contributed by atoms with Gasteiger partial charge >= 0.3 is 5.69 Å². The van der Waals surface area contributed by atoms with Crippen LogP contribution in [0.25, 0.3) is 11.2 Å². The number of rotatable bonds is 6. The van der Waals surface area contributed by atoms with Crippen LogP contribution in [0, 0.1) is 0 Å². The van der Waals surface area contributed by atoms with Crippen molar-refractivity contribution in [1.29, 1.82) is 0 Å². The minimum Gasteiger partial charge on any atom is -0.309 e. The van der Waals surface area contributed by atoms with E-state index in [1.807, 2.05) is 6.08 Å². The van der Waals surface area contributed by atoms with E-state index in [9.17, 15) is 9.59 Å². The maximum atomic E-state index is 12.2. The Hall–Kier alpha value is -1.47. The van der Waals surface area contributed by atoms with Crippen LogP contribution in [0.3, 0.4) is 0 Å². The van der Waals surface area contributed by atoms with Gasteiger partial charge in [-0.15, -0.1) is 0 Å². The van der Waals surface area contributed by atoms with Crippen molar-refractivity contribution in [3.63, 3.8) is 0 Å². The highest BCUT2D eigenvalue weighted by Crippen LogP contribution is 2.22. The molecule has 0 saturated carbocycles. The Kier molecular flexibility index (Phi) is 5.52. The molecule has 120 valence electrons. The number of imidazole rings is 1. The zero-order chi connectivity index (χ0) is 16.3. The van der Waals surface area contributed by atoms with E-state index in [1.165, 1.54) is 4.57 Å². The number of nitrogens with zero attached hydrogens (tertiary/aromatic N) is 3. The first-order valence-electron chi connectivity index (χ1n) is 7.10. The van der Waals surface area contributed by atoms with Crippen molar-refractivity contribution >= 4 is 34.5 Å². The van der Waals surface area contributed by atoms with E-state index in [0.717, 1.165) is 23.8 Å². The van der Waals surface area contributed by atoms with E-state index < -0.39 is 11.2 Å². The van der Waals surface area contributed by atoms with Crippen molar-refractivity contribution in [3.05, 3.63) is 31.9 Å². The maximum Gasteiger partial charge on any atom is 0.329 e. The average molecular weight is 343 g/mol. The highest BCUT2D eigenvalue weighted by molar-refractivity contribution is 7.99. The number of hydrogen-bond donors (Lipinski definition) is 1. The molecule has 1 N–H and O–H groups in total. The predicted molar refractivity (Wildman–Crippen MR) is 90.8 cm³/mol. The fourth-order valence-electron chi connectivity index (χ4n) is 2.02. The number of H-pyrrole nitrogens is 1. The average Bonchev–Trinajstić information content (AvgIpc) is 2.82. The fourth-order valence-corrected chi connectivity index (χ4v) is 3.18. The third kappa shape index (κ3) is 3.47. The fraction of sp³-hybridized carbons (Fsp3) is 0.500. The molecule has 0 saturated heterocycles. The minimum absolute atomic E-state index is 0.397. The summed E-state index contributed by atoms with van der Waals surface area (Å²) in [5, 5.41) is 1.37. The van der Waals surface area contributed by atoms with Crippen LogP contribution >= 0.6 is 23.4 Å². The van der Waals surface area contributed by atoms with Gasteiger partial charge in [-0.1, -0.05) is 42.8 Å². The Morgan fingerprint density at radius 2 is 2.18 bits per heavy atom. The second-order valence-electron chi connectivity index (χ2n) is 4.99. The number of aryl methyl sites for hydroxylation is 1. The normalized spacial score (nSPS) is 12.3. The predicted octanol–water partition coefficient (Wildman–Crippen LogP) is 2.46. The number of fused-ring (bicyclic) bond motifs is 1. The zero-order valence-corrected chi connectivity index (χ0v) is 14.4. The Labute approximate surface area is 137 Å². The molecule has 22 heavy (non-hydrogen) atoms. The summed E-state index contributed by atoms with van der Waals surface area (Å²) >= 11 is 7.48. The number of thioether (sulfide) groups is 1. The highest BCUT2D eigenvalue weighted by Gasteiger charge is 2.16. The van der Waals surface area contributed by atoms with E-state index in [-0.39, 0.29) is 0 Å². The summed E-state index contributed by atoms with van der Waals surface area (Å²) in [5.41, 5.74) is -0.0893. The molecule has 0 fully saturated rings. The molecule has 2 aromatic heterocycles. The van der Waals surface area contributed by atoms with Gasteiger partial charge in [-0.25, -0.2) is 9.78 Å². The van der Waals surface area contributed by atoms with Crippen LogP contribution in [0.4, 0.5) is 0 Å². The lowest BCUT2D eigenvalue weighted by Crippen LogP contribution is -2.29. The molecule has 0 radical (unpaired) electrons. The zero-order valence-electron chi connectivity index (χ0n) is 12.9. The molecule has 0 spiro atoms. The summed E-state index contributed by atoms with van der Waals surface area (Å²) in [5.74, 6) is 0.912. The number of aromatic nitrogens is 4. The van der Waals surface area contributed by atoms with Crippen LogP contribution in [0.5, 0.6) is 0 Å². The lowest BCUT2D eigenvalue weighted by molar-refractivity contribution is 0.741. The van der Waals surface area contributed by atoms with Gasteiger partial charge in [0.15, 0.2) is 16.3 Å². The van der Waals surface area contributed by atoms with E-state index in [0.29, 0.717) is 22.7 Å². The molecule has 2 heterocycles. The Morgan fingerprint density at radius 1 is 1.45 bits per heavy atom. The van der Waals surface area contributed by atoms with Crippen LogP contribution in [-0.4, -0.2) is 24.9 Å². The van der Waals surface area contributed by atoms with Crippen LogP contribution in [0.1, 0.15) is 26.7 Å². The van der Waals surface area contributed by atoms with Crippen LogP contribution < -0.4 is 11.2 Å². The molecule has 0 bridgehead atoms. The van der Waals surface area contributed by atoms with Gasteiger partial charge in [-0.2, -0.15) is 0 Å². The standard InChI is InChI=1S/C14H19ClN4O2S/c1-4-5-8-22-14-16-11-10(19(14)7-6-9(2)15)12(20)17-13(21)18(11)3/h6H,4-5,7-8H2,1-3H3,(H,17,20,21)/b9-6-. The van der Waals surface area contributed by atoms with Crippen molar-refractivity contribution in [3.8, 4) is 0 Å². The number of aromatic amines is 1. The third-order valence-corrected chi connectivity index (χ3v) is 4.47. The Balaban J connectivity index is 2.61. The molecule has 0 amide bonds. The summed E-state index contributed by atoms with van der Waals surface area (Å²) in [6.07, 6.45) is 3.97. The molecule has 6 nitrogen and oxygen atoms in total. The van der Waals surface area contributed by atoms with Crippen molar-refractivity contribution in [2.45, 2.75) is 38.4 Å². The minimum atomic E-state index is -0.462. The molecule has 0 aliphatic heterocycles. The van der Waals surface area contributed by atoms with Gasteiger partial charge in [0.2, 0.25) is 0 Å². The van der Waals surface area contributed by atoms with Crippen LogP contribution in [0.15, 0.2) is 25.9 Å².